The number of aliphatic imine (C=N–C) groups is 1. The molecule has 2 nitrogen and oxygen atoms in total. The molecule has 0 spiro atoms. The second-order valence-electron chi connectivity index (χ2n) is 6.54. The van der Waals surface area contributed by atoms with Crippen molar-refractivity contribution >= 4 is 11.4 Å². The third-order valence-electron chi connectivity index (χ3n) is 4.96. The van der Waals surface area contributed by atoms with Crippen molar-refractivity contribution in [3.8, 4) is 0 Å². The second kappa shape index (κ2) is 6.51. The summed E-state index contributed by atoms with van der Waals surface area (Å²) in [6.45, 7) is 0. The summed E-state index contributed by atoms with van der Waals surface area (Å²) in [5.74, 6) is 0.853. The summed E-state index contributed by atoms with van der Waals surface area (Å²) in [4.78, 5) is 5.02. The average molecular weight is 271 g/mol. The zero-order valence-corrected chi connectivity index (χ0v) is 12.8. The quantitative estimate of drug-likeness (QED) is 0.626. The maximum Gasteiger partial charge on any atom is 0.207 e. The Hall–Kier alpha value is -1.18. The lowest BCUT2D eigenvalue weighted by molar-refractivity contribution is -0.678. The first-order chi connectivity index (χ1) is 9.83. The molecule has 1 unspecified atom stereocenters. The summed E-state index contributed by atoms with van der Waals surface area (Å²) in [5, 5.41) is 0. The smallest absolute Gasteiger partial charge is 0.207 e. The number of aryl methyl sites for hydroxylation is 1. The lowest BCUT2D eigenvalue weighted by Crippen LogP contribution is -2.34. The van der Waals surface area contributed by atoms with E-state index in [9.17, 15) is 0 Å². The van der Waals surface area contributed by atoms with E-state index in [-0.39, 0.29) is 0 Å². The highest BCUT2D eigenvalue weighted by Gasteiger charge is 2.22. The Bertz CT molecular complexity index is 490. The van der Waals surface area contributed by atoms with Crippen molar-refractivity contribution in [3.63, 3.8) is 0 Å². The molecule has 2 heterocycles. The number of pyridine rings is 1. The van der Waals surface area contributed by atoms with Crippen LogP contribution in [0.15, 0.2) is 23.3 Å². The minimum Gasteiger partial charge on any atom is -0.251 e. The zero-order chi connectivity index (χ0) is 13.8. The highest BCUT2D eigenvalue weighted by molar-refractivity contribution is 5.87. The number of rotatable bonds is 0. The molecule has 1 saturated carbocycles. The van der Waals surface area contributed by atoms with Gasteiger partial charge in [-0.15, -0.1) is 0 Å². The van der Waals surface area contributed by atoms with Crippen molar-refractivity contribution < 1.29 is 4.57 Å². The Morgan fingerprint density at radius 1 is 1.05 bits per heavy atom. The fourth-order valence-corrected chi connectivity index (χ4v) is 3.67. The van der Waals surface area contributed by atoms with Gasteiger partial charge in [0.15, 0.2) is 6.20 Å². The van der Waals surface area contributed by atoms with Gasteiger partial charge in [-0.25, -0.2) is 4.57 Å². The lowest BCUT2D eigenvalue weighted by atomic mass is 9.89. The fraction of sp³-hybridized carbons (Fsp3) is 0.667. The zero-order valence-electron chi connectivity index (χ0n) is 12.8. The van der Waals surface area contributed by atoms with E-state index in [1.165, 1.54) is 81.3 Å². The molecule has 2 heteroatoms. The van der Waals surface area contributed by atoms with Crippen molar-refractivity contribution in [2.45, 2.75) is 64.2 Å². The van der Waals surface area contributed by atoms with Crippen molar-refractivity contribution in [1.82, 2.24) is 0 Å². The van der Waals surface area contributed by atoms with Gasteiger partial charge in [0.1, 0.15) is 12.7 Å². The van der Waals surface area contributed by atoms with Crippen molar-refractivity contribution in [1.29, 1.82) is 0 Å². The monoisotopic (exact) mass is 271 g/mol. The molecule has 0 amide bonds. The summed E-state index contributed by atoms with van der Waals surface area (Å²) >= 11 is 0. The first-order valence-electron chi connectivity index (χ1n) is 8.37. The Morgan fingerprint density at radius 3 is 2.85 bits per heavy atom. The Kier molecular flexibility index (Phi) is 4.49. The molecular formula is C18H27N2+. The molecule has 0 saturated heterocycles. The molecule has 3 rings (SSSR count). The SMILES string of the molecule is C[n+]1cccc2c1CC1CCCCCCC/C(=N/2)CC1. The van der Waals surface area contributed by atoms with E-state index in [0.29, 0.717) is 0 Å². The second-order valence-corrected chi connectivity index (χ2v) is 6.54. The molecule has 1 aliphatic heterocycles. The van der Waals surface area contributed by atoms with Crippen LogP contribution in [-0.2, 0) is 13.5 Å². The predicted molar refractivity (Wildman–Crippen MR) is 83.5 cm³/mol. The van der Waals surface area contributed by atoms with Gasteiger partial charge in [0.2, 0.25) is 5.69 Å². The standard InChI is InChI=1S/C18H27N2/c1-20-13-7-10-17-18(20)14-15-8-5-3-2-4-6-9-16(19-17)12-11-15/h7,10,13,15H,2-6,8-9,11-12,14H2,1H3/q+1/b19-16-. The number of aromatic nitrogens is 1. The first-order valence-corrected chi connectivity index (χ1v) is 8.37. The molecule has 1 aromatic rings. The minimum absolute atomic E-state index is 0.853. The maximum atomic E-state index is 5.02. The van der Waals surface area contributed by atoms with Crippen molar-refractivity contribution in [2.75, 3.05) is 0 Å². The van der Waals surface area contributed by atoms with Crippen LogP contribution < -0.4 is 4.57 Å². The Labute approximate surface area is 122 Å². The molecule has 2 bridgehead atoms. The van der Waals surface area contributed by atoms with Gasteiger partial charge in [0.25, 0.3) is 0 Å². The normalized spacial score (nSPS) is 26.6. The average Bonchev–Trinajstić information content (AvgIpc) is 2.45. The number of fused-ring (bicyclic) bond motifs is 4. The molecule has 2 aliphatic rings. The summed E-state index contributed by atoms with van der Waals surface area (Å²) in [7, 11) is 2.17. The van der Waals surface area contributed by atoms with Crippen molar-refractivity contribution in [2.24, 2.45) is 18.0 Å². The third kappa shape index (κ3) is 3.28. The van der Waals surface area contributed by atoms with Crippen LogP contribution in [-0.4, -0.2) is 5.71 Å². The largest absolute Gasteiger partial charge is 0.251 e. The van der Waals surface area contributed by atoms with Crippen LogP contribution in [0.4, 0.5) is 5.69 Å². The minimum atomic E-state index is 0.853. The summed E-state index contributed by atoms with van der Waals surface area (Å²) < 4.78 is 2.29. The van der Waals surface area contributed by atoms with Gasteiger partial charge >= 0.3 is 0 Å². The number of hydrogen-bond donors (Lipinski definition) is 0. The molecule has 0 radical (unpaired) electrons. The topological polar surface area (TPSA) is 16.2 Å². The van der Waals surface area contributed by atoms with Gasteiger partial charge in [0.05, 0.1) is 0 Å². The van der Waals surface area contributed by atoms with E-state index in [1.807, 2.05) is 0 Å². The molecular weight excluding hydrogens is 244 g/mol. The maximum absolute atomic E-state index is 5.02. The third-order valence-corrected chi connectivity index (χ3v) is 4.96. The molecule has 1 atom stereocenters. The van der Waals surface area contributed by atoms with Crippen molar-refractivity contribution in [3.05, 3.63) is 24.0 Å². The molecule has 1 aliphatic carbocycles. The summed E-state index contributed by atoms with van der Waals surface area (Å²) in [6.07, 6.45) is 15.5. The first kappa shape index (κ1) is 13.8. The van der Waals surface area contributed by atoms with Gasteiger partial charge in [-0.05, 0) is 44.1 Å². The van der Waals surface area contributed by atoms with E-state index < -0.39 is 0 Å². The highest BCUT2D eigenvalue weighted by atomic mass is 14.9. The van der Waals surface area contributed by atoms with Crippen LogP contribution in [0, 0.1) is 5.92 Å². The van der Waals surface area contributed by atoms with Crippen LogP contribution in [0.25, 0.3) is 0 Å². The van der Waals surface area contributed by atoms with E-state index in [4.69, 9.17) is 4.99 Å². The molecule has 0 aromatic carbocycles. The van der Waals surface area contributed by atoms with Crippen LogP contribution in [0.5, 0.6) is 0 Å². The molecule has 1 fully saturated rings. The van der Waals surface area contributed by atoms with Crippen LogP contribution in [0.2, 0.25) is 0 Å². The van der Waals surface area contributed by atoms with E-state index in [2.05, 4.69) is 29.9 Å². The molecule has 0 N–H and O–H groups in total. The summed E-state index contributed by atoms with van der Waals surface area (Å²) in [5.41, 5.74) is 4.12. The van der Waals surface area contributed by atoms with E-state index in [1.54, 1.807) is 0 Å². The van der Waals surface area contributed by atoms with Gasteiger partial charge in [-0.3, -0.25) is 4.99 Å². The predicted octanol–water partition coefficient (Wildman–Crippen LogP) is 4.28. The molecule has 1 aromatic heterocycles. The Balaban J connectivity index is 1.96. The van der Waals surface area contributed by atoms with Gasteiger partial charge in [-0.1, -0.05) is 25.7 Å². The van der Waals surface area contributed by atoms with E-state index >= 15 is 0 Å². The van der Waals surface area contributed by atoms with Gasteiger partial charge in [0, 0.05) is 18.2 Å². The van der Waals surface area contributed by atoms with E-state index in [0.717, 1.165) is 5.92 Å². The van der Waals surface area contributed by atoms with Gasteiger partial charge in [-0.2, -0.15) is 0 Å². The summed E-state index contributed by atoms with van der Waals surface area (Å²) in [6, 6.07) is 4.34. The molecule has 20 heavy (non-hydrogen) atoms. The van der Waals surface area contributed by atoms with Gasteiger partial charge < -0.3 is 0 Å². The van der Waals surface area contributed by atoms with Crippen LogP contribution in [0.1, 0.15) is 63.5 Å². The number of nitrogens with zero attached hydrogens (tertiary/aromatic N) is 2. The van der Waals surface area contributed by atoms with Crippen LogP contribution >= 0.6 is 0 Å². The highest BCUT2D eigenvalue weighted by Crippen LogP contribution is 2.29. The Morgan fingerprint density at radius 2 is 1.90 bits per heavy atom. The number of hydrogen-bond acceptors (Lipinski definition) is 1. The fourth-order valence-electron chi connectivity index (χ4n) is 3.67. The molecule has 108 valence electrons. The lowest BCUT2D eigenvalue weighted by Gasteiger charge is -2.19. The van der Waals surface area contributed by atoms with Crippen LogP contribution in [0.3, 0.4) is 0 Å².